The first-order chi connectivity index (χ1) is 7.09. The van der Waals surface area contributed by atoms with Gasteiger partial charge in [-0.2, -0.15) is 0 Å². The van der Waals surface area contributed by atoms with E-state index >= 15 is 0 Å². The molecule has 0 aliphatic heterocycles. The second-order valence-corrected chi connectivity index (χ2v) is 4.34. The van der Waals surface area contributed by atoms with Gasteiger partial charge in [0, 0.05) is 0 Å². The standard InChI is InChI=1S/C15H20.CH4/c1-12(2)14(4)10-13(3)11-15-8-6-5-7-9-15;/h5-10H,11H2,1-4H3;1H4/b13-10+;. The SMILES string of the molecule is C.CC(C)=C(C)/C=C(\C)Cc1ccccc1. The zero-order chi connectivity index (χ0) is 11.3. The van der Waals surface area contributed by atoms with Crippen molar-refractivity contribution in [1.82, 2.24) is 0 Å². The van der Waals surface area contributed by atoms with Crippen molar-refractivity contribution < 1.29 is 0 Å². The van der Waals surface area contributed by atoms with Crippen LogP contribution in [0.5, 0.6) is 0 Å². The van der Waals surface area contributed by atoms with Crippen LogP contribution in [-0.2, 0) is 6.42 Å². The van der Waals surface area contributed by atoms with Gasteiger partial charge < -0.3 is 0 Å². The Morgan fingerprint density at radius 3 is 2.06 bits per heavy atom. The van der Waals surface area contributed by atoms with Crippen molar-refractivity contribution in [3.8, 4) is 0 Å². The fourth-order valence-electron chi connectivity index (χ4n) is 1.48. The molecule has 0 nitrogen and oxygen atoms in total. The Balaban J connectivity index is 0.00000225. The normalized spacial score (nSPS) is 10.6. The van der Waals surface area contributed by atoms with Crippen LogP contribution in [0.1, 0.15) is 40.7 Å². The Morgan fingerprint density at radius 2 is 1.56 bits per heavy atom. The zero-order valence-electron chi connectivity index (χ0n) is 10.2. The van der Waals surface area contributed by atoms with E-state index in [-0.39, 0.29) is 7.43 Å². The van der Waals surface area contributed by atoms with Crippen LogP contribution >= 0.6 is 0 Å². The van der Waals surface area contributed by atoms with Gasteiger partial charge in [-0.15, -0.1) is 0 Å². The summed E-state index contributed by atoms with van der Waals surface area (Å²) < 4.78 is 0. The predicted octanol–water partition coefficient (Wildman–Crippen LogP) is 5.17. The molecule has 0 bridgehead atoms. The van der Waals surface area contributed by atoms with Gasteiger partial charge >= 0.3 is 0 Å². The van der Waals surface area contributed by atoms with E-state index in [9.17, 15) is 0 Å². The van der Waals surface area contributed by atoms with Gasteiger partial charge in [-0.25, -0.2) is 0 Å². The van der Waals surface area contributed by atoms with E-state index in [1.807, 2.05) is 0 Å². The summed E-state index contributed by atoms with van der Waals surface area (Å²) in [6.07, 6.45) is 3.33. The van der Waals surface area contributed by atoms with Crippen LogP contribution in [0, 0.1) is 0 Å². The van der Waals surface area contributed by atoms with E-state index in [0.717, 1.165) is 6.42 Å². The Kier molecular flexibility index (Phi) is 6.48. The summed E-state index contributed by atoms with van der Waals surface area (Å²) in [4.78, 5) is 0. The second kappa shape index (κ2) is 7.05. The maximum atomic E-state index is 2.28. The molecule has 0 fully saturated rings. The van der Waals surface area contributed by atoms with Gasteiger partial charge in [0.05, 0.1) is 0 Å². The molecule has 0 aliphatic carbocycles. The van der Waals surface area contributed by atoms with Crippen molar-refractivity contribution in [2.75, 3.05) is 0 Å². The van der Waals surface area contributed by atoms with Crippen LogP contribution in [0.15, 0.2) is 53.1 Å². The van der Waals surface area contributed by atoms with Crippen LogP contribution in [0.2, 0.25) is 0 Å². The molecular weight excluding hydrogens is 192 g/mol. The van der Waals surface area contributed by atoms with Gasteiger partial charge in [0.15, 0.2) is 0 Å². The van der Waals surface area contributed by atoms with Gasteiger partial charge in [-0.05, 0) is 39.7 Å². The Labute approximate surface area is 101 Å². The summed E-state index contributed by atoms with van der Waals surface area (Å²) in [7, 11) is 0. The summed E-state index contributed by atoms with van der Waals surface area (Å²) in [5, 5.41) is 0. The van der Waals surface area contributed by atoms with Crippen LogP contribution in [0.4, 0.5) is 0 Å². The highest BCUT2D eigenvalue weighted by Gasteiger charge is 1.94. The monoisotopic (exact) mass is 216 g/mol. The molecule has 1 rings (SSSR count). The molecule has 16 heavy (non-hydrogen) atoms. The average molecular weight is 216 g/mol. The molecule has 1 aromatic rings. The highest BCUT2D eigenvalue weighted by molar-refractivity contribution is 5.28. The fourth-order valence-corrected chi connectivity index (χ4v) is 1.48. The largest absolute Gasteiger partial charge is 0.0776 e. The van der Waals surface area contributed by atoms with E-state index in [1.165, 1.54) is 22.3 Å². The van der Waals surface area contributed by atoms with Crippen LogP contribution in [-0.4, -0.2) is 0 Å². The molecular formula is C16H24. The van der Waals surface area contributed by atoms with Crippen LogP contribution in [0.25, 0.3) is 0 Å². The summed E-state index contributed by atoms with van der Waals surface area (Å²) in [6.45, 7) is 8.67. The lowest BCUT2D eigenvalue weighted by Gasteiger charge is -2.03. The van der Waals surface area contributed by atoms with Crippen molar-refractivity contribution in [1.29, 1.82) is 0 Å². The number of rotatable bonds is 3. The first kappa shape index (κ1) is 14.7. The summed E-state index contributed by atoms with van der Waals surface area (Å²) in [6, 6.07) is 10.6. The smallest absolute Gasteiger partial charge is 0.00667 e. The molecule has 88 valence electrons. The topological polar surface area (TPSA) is 0 Å². The van der Waals surface area contributed by atoms with E-state index in [2.05, 4.69) is 64.1 Å². The maximum Gasteiger partial charge on any atom is -0.00667 e. The van der Waals surface area contributed by atoms with Crippen molar-refractivity contribution in [3.63, 3.8) is 0 Å². The molecule has 0 aromatic heterocycles. The van der Waals surface area contributed by atoms with Crippen LogP contribution in [0.3, 0.4) is 0 Å². The Hall–Kier alpha value is -1.30. The molecule has 0 atom stereocenters. The van der Waals surface area contributed by atoms with Crippen molar-refractivity contribution in [2.24, 2.45) is 0 Å². The lowest BCUT2D eigenvalue weighted by atomic mass is 10.0. The first-order valence-corrected chi connectivity index (χ1v) is 5.45. The average Bonchev–Trinajstić information content (AvgIpc) is 2.18. The van der Waals surface area contributed by atoms with E-state index in [0.29, 0.717) is 0 Å². The van der Waals surface area contributed by atoms with E-state index < -0.39 is 0 Å². The Morgan fingerprint density at radius 1 is 1.00 bits per heavy atom. The maximum absolute atomic E-state index is 2.28. The number of allylic oxidation sites excluding steroid dienone is 4. The minimum atomic E-state index is 0. The minimum Gasteiger partial charge on any atom is -0.0776 e. The third-order valence-electron chi connectivity index (χ3n) is 2.58. The highest BCUT2D eigenvalue weighted by Crippen LogP contribution is 2.11. The third-order valence-corrected chi connectivity index (χ3v) is 2.58. The molecule has 0 heteroatoms. The summed E-state index contributed by atoms with van der Waals surface area (Å²) in [5.41, 5.74) is 5.57. The molecule has 1 aromatic carbocycles. The number of benzene rings is 1. The van der Waals surface area contributed by atoms with Crippen molar-refractivity contribution in [2.45, 2.75) is 41.5 Å². The van der Waals surface area contributed by atoms with Gasteiger partial charge in [0.1, 0.15) is 0 Å². The minimum absolute atomic E-state index is 0. The fraction of sp³-hybridized carbons (Fsp3) is 0.375. The summed E-state index contributed by atoms with van der Waals surface area (Å²) in [5.74, 6) is 0. The third kappa shape index (κ3) is 4.97. The molecule has 0 spiro atoms. The number of hydrogen-bond acceptors (Lipinski definition) is 0. The molecule has 0 radical (unpaired) electrons. The highest BCUT2D eigenvalue weighted by atomic mass is 14.0. The molecule has 0 aliphatic rings. The quantitative estimate of drug-likeness (QED) is 0.612. The second-order valence-electron chi connectivity index (χ2n) is 4.34. The van der Waals surface area contributed by atoms with Gasteiger partial charge in [0.2, 0.25) is 0 Å². The zero-order valence-corrected chi connectivity index (χ0v) is 10.2. The van der Waals surface area contributed by atoms with Crippen LogP contribution < -0.4 is 0 Å². The van der Waals surface area contributed by atoms with Crippen molar-refractivity contribution >= 4 is 0 Å². The molecule has 0 saturated carbocycles. The lowest BCUT2D eigenvalue weighted by Crippen LogP contribution is -1.87. The molecule has 0 saturated heterocycles. The van der Waals surface area contributed by atoms with E-state index in [4.69, 9.17) is 0 Å². The van der Waals surface area contributed by atoms with Gasteiger partial charge in [-0.3, -0.25) is 0 Å². The predicted molar refractivity (Wildman–Crippen MR) is 74.7 cm³/mol. The molecule has 0 heterocycles. The molecule has 0 amide bonds. The van der Waals surface area contributed by atoms with Crippen molar-refractivity contribution in [3.05, 3.63) is 58.7 Å². The summed E-state index contributed by atoms with van der Waals surface area (Å²) >= 11 is 0. The van der Waals surface area contributed by atoms with Gasteiger partial charge in [0.25, 0.3) is 0 Å². The molecule has 0 N–H and O–H groups in total. The Bertz CT molecular complexity index is 362. The van der Waals surface area contributed by atoms with E-state index in [1.54, 1.807) is 0 Å². The lowest BCUT2D eigenvalue weighted by molar-refractivity contribution is 1.13. The molecule has 0 unspecified atom stereocenters. The first-order valence-electron chi connectivity index (χ1n) is 5.45. The number of hydrogen-bond donors (Lipinski definition) is 0. The van der Waals surface area contributed by atoms with Gasteiger partial charge in [-0.1, -0.05) is 60.6 Å².